The van der Waals surface area contributed by atoms with Gasteiger partial charge in [-0.3, -0.25) is 18.9 Å². The van der Waals surface area contributed by atoms with Crippen molar-refractivity contribution in [1.82, 2.24) is 4.67 Å². The Balaban J connectivity index is 3.22. The van der Waals surface area contributed by atoms with Crippen LogP contribution in [0.25, 0.3) is 0 Å². The number of ether oxygens (including phenoxy) is 4. The average molecular weight is 524 g/mol. The van der Waals surface area contributed by atoms with Crippen LogP contribution in [0.5, 0.6) is 0 Å². The molecule has 12 heteroatoms. The fourth-order valence-electron chi connectivity index (χ4n) is 3.40. The van der Waals surface area contributed by atoms with Crippen molar-refractivity contribution in [2.45, 2.75) is 111 Å². The lowest BCUT2D eigenvalue weighted by atomic mass is 10.1. The molecule has 2 unspecified atom stereocenters. The largest absolute Gasteiger partial charge is 0.463 e. The topological polar surface area (TPSA) is 110 Å². The fourth-order valence-corrected chi connectivity index (χ4v) is 5.94. The summed E-state index contributed by atoms with van der Waals surface area (Å²) < 4.78 is 36.6. The highest BCUT2D eigenvalue weighted by atomic mass is 31.2. The molecule has 0 spiro atoms. The summed E-state index contributed by atoms with van der Waals surface area (Å²) in [5.41, 5.74) is 0. The molecule has 0 bridgehead atoms. The summed E-state index contributed by atoms with van der Waals surface area (Å²) in [6.45, 7) is 19.1. The van der Waals surface area contributed by atoms with Crippen LogP contribution < -0.4 is 0 Å². The standard InChI is InChI=1S/C22H42NO9PSi/c1-14(2)23(15(3)4)33(28-11-12-34(8,9)10)32-22-21(30-18(7)26)20(29-17(6)25)19(31-22)13-27-16(5)24/h14-15,19-22H,11-13H2,1-10H3/t19-,20-,21-,22?,33?/m1/s1. The van der Waals surface area contributed by atoms with E-state index < -0.39 is 59.1 Å². The maximum Gasteiger partial charge on any atom is 0.303 e. The smallest absolute Gasteiger partial charge is 0.303 e. The zero-order valence-electron chi connectivity index (χ0n) is 22.2. The lowest BCUT2D eigenvalue weighted by Gasteiger charge is -2.37. The predicted molar refractivity (Wildman–Crippen MR) is 131 cm³/mol. The van der Waals surface area contributed by atoms with E-state index in [1.165, 1.54) is 20.8 Å². The molecule has 0 aromatic heterocycles. The van der Waals surface area contributed by atoms with Gasteiger partial charge in [0.15, 0.2) is 12.2 Å². The van der Waals surface area contributed by atoms with Crippen molar-refractivity contribution >= 4 is 34.5 Å². The Bertz CT molecular complexity index is 678. The number of esters is 3. The molecule has 0 saturated carbocycles. The highest BCUT2D eigenvalue weighted by Gasteiger charge is 2.52. The molecule has 0 N–H and O–H groups in total. The number of nitrogens with zero attached hydrogens (tertiary/aromatic N) is 1. The molecule has 1 heterocycles. The average Bonchev–Trinajstić information content (AvgIpc) is 2.93. The zero-order valence-corrected chi connectivity index (χ0v) is 24.0. The first-order valence-electron chi connectivity index (χ1n) is 11.6. The highest BCUT2D eigenvalue weighted by molar-refractivity contribution is 7.44. The molecular weight excluding hydrogens is 481 g/mol. The maximum atomic E-state index is 11.9. The predicted octanol–water partition coefficient (Wildman–Crippen LogP) is 3.85. The third-order valence-electron chi connectivity index (χ3n) is 4.82. The summed E-state index contributed by atoms with van der Waals surface area (Å²) in [5.74, 6) is -1.68. The minimum atomic E-state index is -1.61. The molecule has 0 radical (unpaired) electrons. The Morgan fingerprint density at radius 2 is 1.44 bits per heavy atom. The minimum absolute atomic E-state index is 0.104. The SMILES string of the molecule is CC(=O)OC[C@H]1OC(OP(OCC[Si](C)(C)C)N(C(C)C)C(C)C)[C@H](OC(C)=O)[C@@H]1OC(C)=O. The lowest BCUT2D eigenvalue weighted by Crippen LogP contribution is -2.42. The second-order valence-corrected chi connectivity index (χ2v) is 17.1. The highest BCUT2D eigenvalue weighted by Crippen LogP contribution is 2.49. The van der Waals surface area contributed by atoms with E-state index in [0.717, 1.165) is 6.04 Å². The van der Waals surface area contributed by atoms with E-state index in [4.69, 9.17) is 28.0 Å². The number of carbonyl (C=O) groups excluding carboxylic acids is 3. The van der Waals surface area contributed by atoms with E-state index in [1.807, 2.05) is 27.7 Å². The summed E-state index contributed by atoms with van der Waals surface area (Å²) in [7, 11) is -2.96. The van der Waals surface area contributed by atoms with Gasteiger partial charge in [-0.1, -0.05) is 19.6 Å². The normalized spacial score (nSPS) is 23.9. The van der Waals surface area contributed by atoms with Crippen LogP contribution in [-0.2, 0) is 42.4 Å². The van der Waals surface area contributed by atoms with Gasteiger partial charge in [-0.2, -0.15) is 0 Å². The molecule has 10 nitrogen and oxygen atoms in total. The maximum absolute atomic E-state index is 11.9. The van der Waals surface area contributed by atoms with Gasteiger partial charge < -0.3 is 23.5 Å². The van der Waals surface area contributed by atoms with Crippen LogP contribution in [0.2, 0.25) is 25.7 Å². The summed E-state index contributed by atoms with van der Waals surface area (Å²) in [6, 6.07) is 1.16. The molecule has 1 fully saturated rings. The minimum Gasteiger partial charge on any atom is -0.463 e. The molecule has 5 atom stereocenters. The van der Waals surface area contributed by atoms with Gasteiger partial charge in [-0.25, -0.2) is 4.67 Å². The van der Waals surface area contributed by atoms with E-state index >= 15 is 0 Å². The van der Waals surface area contributed by atoms with Gasteiger partial charge in [0, 0.05) is 40.9 Å². The molecular formula is C22H42NO9PSi. The van der Waals surface area contributed by atoms with Gasteiger partial charge in [-0.05, 0) is 33.7 Å². The van der Waals surface area contributed by atoms with Gasteiger partial charge in [0.25, 0.3) is 8.53 Å². The summed E-state index contributed by atoms with van der Waals surface area (Å²) in [5, 5.41) is 0. The van der Waals surface area contributed by atoms with Crippen LogP contribution in [0.1, 0.15) is 48.5 Å². The Morgan fingerprint density at radius 1 is 0.912 bits per heavy atom. The van der Waals surface area contributed by atoms with Crippen molar-refractivity contribution in [2.24, 2.45) is 0 Å². The van der Waals surface area contributed by atoms with Crippen LogP contribution >= 0.6 is 8.53 Å². The first-order valence-corrected chi connectivity index (χ1v) is 16.5. The van der Waals surface area contributed by atoms with Crippen molar-refractivity contribution in [3.8, 4) is 0 Å². The third kappa shape index (κ3) is 10.7. The summed E-state index contributed by atoms with van der Waals surface area (Å²) >= 11 is 0. The van der Waals surface area contributed by atoms with Crippen LogP contribution in [0.3, 0.4) is 0 Å². The molecule has 198 valence electrons. The molecule has 0 aromatic carbocycles. The third-order valence-corrected chi connectivity index (χ3v) is 8.61. The molecule has 34 heavy (non-hydrogen) atoms. The molecule has 1 rings (SSSR count). The van der Waals surface area contributed by atoms with Gasteiger partial charge in [0.05, 0.1) is 6.61 Å². The van der Waals surface area contributed by atoms with Crippen molar-refractivity contribution in [3.05, 3.63) is 0 Å². The Labute approximate surface area is 205 Å². The van der Waals surface area contributed by atoms with Gasteiger partial charge >= 0.3 is 17.9 Å². The van der Waals surface area contributed by atoms with E-state index in [-0.39, 0.29) is 18.7 Å². The fraction of sp³-hybridized carbons (Fsp3) is 0.864. The van der Waals surface area contributed by atoms with E-state index in [0.29, 0.717) is 6.61 Å². The molecule has 0 aliphatic carbocycles. The lowest BCUT2D eigenvalue weighted by molar-refractivity contribution is -0.171. The molecule has 0 amide bonds. The zero-order chi connectivity index (χ0) is 26.2. The van der Waals surface area contributed by atoms with Gasteiger partial charge in [0.2, 0.25) is 6.29 Å². The van der Waals surface area contributed by atoms with Crippen LogP contribution in [0.15, 0.2) is 0 Å². The first-order chi connectivity index (χ1) is 15.6. The number of hydrogen-bond acceptors (Lipinski definition) is 10. The quantitative estimate of drug-likeness (QED) is 0.153. The second kappa shape index (κ2) is 13.8. The van der Waals surface area contributed by atoms with Gasteiger partial charge in [-0.15, -0.1) is 0 Å². The van der Waals surface area contributed by atoms with Crippen LogP contribution in [-0.4, -0.2) is 80.6 Å². The summed E-state index contributed by atoms with van der Waals surface area (Å²) in [6.07, 6.45) is -4.00. The van der Waals surface area contributed by atoms with Gasteiger partial charge in [0.1, 0.15) is 12.7 Å². The Hall–Kier alpha value is -1.10. The second-order valence-electron chi connectivity index (χ2n) is 10.0. The van der Waals surface area contributed by atoms with Crippen LogP contribution in [0.4, 0.5) is 0 Å². The van der Waals surface area contributed by atoms with E-state index in [9.17, 15) is 14.4 Å². The number of rotatable bonds is 13. The summed E-state index contributed by atoms with van der Waals surface area (Å²) in [4.78, 5) is 35.0. The van der Waals surface area contributed by atoms with Crippen LogP contribution in [0, 0.1) is 0 Å². The molecule has 1 saturated heterocycles. The molecule has 1 aliphatic heterocycles. The Kier molecular flexibility index (Phi) is 12.6. The van der Waals surface area contributed by atoms with Crippen molar-refractivity contribution in [3.63, 3.8) is 0 Å². The van der Waals surface area contributed by atoms with Crippen molar-refractivity contribution in [1.29, 1.82) is 0 Å². The number of carbonyl (C=O) groups is 3. The first kappa shape index (κ1) is 30.9. The van der Waals surface area contributed by atoms with E-state index in [2.05, 4.69) is 24.3 Å². The van der Waals surface area contributed by atoms with Crippen molar-refractivity contribution < 1.29 is 42.4 Å². The molecule has 0 aromatic rings. The number of hydrogen-bond donors (Lipinski definition) is 0. The van der Waals surface area contributed by atoms with E-state index in [1.54, 1.807) is 0 Å². The van der Waals surface area contributed by atoms with Crippen molar-refractivity contribution in [2.75, 3.05) is 13.2 Å². The monoisotopic (exact) mass is 523 g/mol. The Morgan fingerprint density at radius 3 is 1.88 bits per heavy atom. The molecule has 1 aliphatic rings.